The molecule has 0 unspecified atom stereocenters. The third-order valence-corrected chi connectivity index (χ3v) is 4.07. The number of nitrogens with zero attached hydrogens (tertiary/aromatic N) is 3. The molecule has 0 bridgehead atoms. The number of rotatable bonds is 5. The number of hydrogen-bond acceptors (Lipinski definition) is 6. The van der Waals surface area contributed by atoms with Crippen LogP contribution in [0, 0.1) is 0 Å². The van der Waals surface area contributed by atoms with Crippen LogP contribution in [0.5, 0.6) is 5.75 Å². The molecule has 3 aromatic heterocycles. The molecular weight excluding hydrogens is 360 g/mol. The van der Waals surface area contributed by atoms with E-state index in [-0.39, 0.29) is 12.5 Å². The lowest BCUT2D eigenvalue weighted by atomic mass is 10.2. The van der Waals surface area contributed by atoms with Gasteiger partial charge in [0, 0.05) is 48.6 Å². The van der Waals surface area contributed by atoms with Crippen LogP contribution < -0.4 is 15.7 Å². The molecule has 0 aliphatic rings. The van der Waals surface area contributed by atoms with E-state index in [2.05, 4.69) is 15.4 Å². The number of aryl methyl sites for hydroxylation is 1. The first-order valence-corrected chi connectivity index (χ1v) is 8.49. The van der Waals surface area contributed by atoms with E-state index in [1.54, 1.807) is 54.5 Å². The molecule has 4 aromatic rings. The maximum atomic E-state index is 12.2. The number of fused-ring (bicyclic) bond motifs is 1. The van der Waals surface area contributed by atoms with E-state index in [1.165, 1.54) is 6.07 Å². The third kappa shape index (κ3) is 3.75. The predicted octanol–water partition coefficient (Wildman–Crippen LogP) is 2.61. The molecule has 0 saturated carbocycles. The molecule has 140 valence electrons. The maximum Gasteiger partial charge on any atom is 0.336 e. The van der Waals surface area contributed by atoms with E-state index in [0.717, 1.165) is 10.9 Å². The minimum atomic E-state index is -0.442. The van der Waals surface area contributed by atoms with Crippen LogP contribution in [0.25, 0.3) is 22.2 Å². The Kier molecular flexibility index (Phi) is 4.59. The van der Waals surface area contributed by atoms with Crippen LogP contribution in [0.15, 0.2) is 70.1 Å². The number of anilines is 1. The molecule has 0 atom stereocenters. The monoisotopic (exact) mass is 376 g/mol. The van der Waals surface area contributed by atoms with E-state index in [4.69, 9.17) is 9.15 Å². The number of nitrogens with one attached hydrogen (secondary N) is 1. The van der Waals surface area contributed by atoms with Crippen LogP contribution in [-0.2, 0) is 11.8 Å². The van der Waals surface area contributed by atoms with E-state index >= 15 is 0 Å². The van der Waals surface area contributed by atoms with Gasteiger partial charge in [-0.3, -0.25) is 14.5 Å². The first kappa shape index (κ1) is 17.5. The molecular formula is C20H16N4O4. The maximum absolute atomic E-state index is 12.2. The number of carbonyl (C=O) groups excluding carboxylic acids is 1. The molecule has 28 heavy (non-hydrogen) atoms. The zero-order valence-electron chi connectivity index (χ0n) is 15.0. The standard InChI is InChI=1S/C20H16N4O4/c1-24-18(10-16(23-24)14-3-2-8-21-11-14)22-19(25)12-27-15-6-4-13-5-7-20(26)28-17(13)9-15/h2-11H,12H2,1H3,(H,22,25). The highest BCUT2D eigenvalue weighted by Crippen LogP contribution is 2.21. The van der Waals surface area contributed by atoms with Crippen molar-refractivity contribution >= 4 is 22.7 Å². The average Bonchev–Trinajstić information content (AvgIpc) is 3.07. The van der Waals surface area contributed by atoms with Crippen molar-refractivity contribution in [1.29, 1.82) is 0 Å². The first-order valence-electron chi connectivity index (χ1n) is 8.49. The summed E-state index contributed by atoms with van der Waals surface area (Å²) in [6, 6.07) is 13.5. The molecule has 0 spiro atoms. The van der Waals surface area contributed by atoms with Crippen LogP contribution in [0.4, 0.5) is 5.82 Å². The highest BCUT2D eigenvalue weighted by molar-refractivity contribution is 5.91. The van der Waals surface area contributed by atoms with Crippen molar-refractivity contribution in [3.05, 3.63) is 71.3 Å². The SMILES string of the molecule is Cn1nc(-c2cccnc2)cc1NC(=O)COc1ccc2ccc(=O)oc2c1. The van der Waals surface area contributed by atoms with Gasteiger partial charge in [0.05, 0.1) is 5.69 Å². The molecule has 0 aliphatic carbocycles. The van der Waals surface area contributed by atoms with Gasteiger partial charge in [0.2, 0.25) is 0 Å². The number of benzene rings is 1. The molecule has 1 N–H and O–H groups in total. The van der Waals surface area contributed by atoms with Crippen molar-refractivity contribution < 1.29 is 13.9 Å². The Hall–Kier alpha value is -3.94. The molecule has 1 amide bonds. The zero-order chi connectivity index (χ0) is 19.5. The Balaban J connectivity index is 1.42. The van der Waals surface area contributed by atoms with E-state index < -0.39 is 5.63 Å². The van der Waals surface area contributed by atoms with Crippen LogP contribution >= 0.6 is 0 Å². The summed E-state index contributed by atoms with van der Waals surface area (Å²) in [6.07, 6.45) is 3.39. The Bertz CT molecular complexity index is 1200. The lowest BCUT2D eigenvalue weighted by Gasteiger charge is -2.08. The van der Waals surface area contributed by atoms with Crippen molar-refractivity contribution in [1.82, 2.24) is 14.8 Å². The van der Waals surface area contributed by atoms with E-state index in [1.807, 2.05) is 12.1 Å². The Morgan fingerprint density at radius 3 is 2.89 bits per heavy atom. The van der Waals surface area contributed by atoms with Crippen molar-refractivity contribution in [2.75, 3.05) is 11.9 Å². The third-order valence-electron chi connectivity index (χ3n) is 4.07. The number of hydrogen-bond donors (Lipinski definition) is 1. The second kappa shape index (κ2) is 7.36. The van der Waals surface area contributed by atoms with Gasteiger partial charge in [0.15, 0.2) is 6.61 Å². The summed E-state index contributed by atoms with van der Waals surface area (Å²) in [4.78, 5) is 27.6. The molecule has 0 fully saturated rings. The summed E-state index contributed by atoms with van der Waals surface area (Å²) < 4.78 is 12.2. The second-order valence-corrected chi connectivity index (χ2v) is 6.07. The van der Waals surface area contributed by atoms with Gasteiger partial charge < -0.3 is 14.5 Å². The lowest BCUT2D eigenvalue weighted by Crippen LogP contribution is -2.21. The van der Waals surface area contributed by atoms with Crippen LogP contribution in [0.3, 0.4) is 0 Å². The van der Waals surface area contributed by atoms with Gasteiger partial charge in [-0.2, -0.15) is 5.10 Å². The molecule has 0 saturated heterocycles. The Morgan fingerprint density at radius 1 is 1.21 bits per heavy atom. The highest BCUT2D eigenvalue weighted by Gasteiger charge is 2.11. The molecule has 8 nitrogen and oxygen atoms in total. The van der Waals surface area contributed by atoms with Crippen molar-refractivity contribution in [3.8, 4) is 17.0 Å². The summed E-state index contributed by atoms with van der Waals surface area (Å²) in [5.74, 6) is 0.630. The lowest BCUT2D eigenvalue weighted by molar-refractivity contribution is -0.118. The van der Waals surface area contributed by atoms with Crippen molar-refractivity contribution in [2.24, 2.45) is 7.05 Å². The fraction of sp³-hybridized carbons (Fsp3) is 0.100. The Morgan fingerprint density at radius 2 is 2.07 bits per heavy atom. The largest absolute Gasteiger partial charge is 0.484 e. The molecule has 3 heterocycles. The minimum absolute atomic E-state index is 0.198. The minimum Gasteiger partial charge on any atom is -0.484 e. The predicted molar refractivity (Wildman–Crippen MR) is 103 cm³/mol. The smallest absolute Gasteiger partial charge is 0.336 e. The van der Waals surface area contributed by atoms with Gasteiger partial charge in [0.25, 0.3) is 5.91 Å². The number of aromatic nitrogens is 3. The van der Waals surface area contributed by atoms with E-state index in [9.17, 15) is 9.59 Å². The zero-order valence-corrected chi connectivity index (χ0v) is 15.0. The second-order valence-electron chi connectivity index (χ2n) is 6.07. The average molecular weight is 376 g/mol. The fourth-order valence-corrected chi connectivity index (χ4v) is 2.70. The summed E-state index contributed by atoms with van der Waals surface area (Å²) >= 11 is 0. The molecule has 4 rings (SSSR count). The van der Waals surface area contributed by atoms with Crippen molar-refractivity contribution in [2.45, 2.75) is 0 Å². The first-order chi connectivity index (χ1) is 13.6. The normalized spacial score (nSPS) is 10.8. The highest BCUT2D eigenvalue weighted by atomic mass is 16.5. The van der Waals surface area contributed by atoms with Crippen LogP contribution in [0.2, 0.25) is 0 Å². The summed E-state index contributed by atoms with van der Waals surface area (Å²) in [5.41, 5.74) is 1.52. The summed E-state index contributed by atoms with van der Waals surface area (Å²) in [5, 5.41) is 7.91. The number of amides is 1. The molecule has 0 radical (unpaired) electrons. The van der Waals surface area contributed by atoms with E-state index in [0.29, 0.717) is 22.8 Å². The number of carbonyl (C=O) groups is 1. The van der Waals surface area contributed by atoms with Gasteiger partial charge in [0.1, 0.15) is 17.2 Å². The fourth-order valence-electron chi connectivity index (χ4n) is 2.70. The molecule has 1 aromatic carbocycles. The van der Waals surface area contributed by atoms with Gasteiger partial charge in [-0.05, 0) is 30.3 Å². The molecule has 0 aliphatic heterocycles. The quantitative estimate of drug-likeness (QED) is 0.538. The topological polar surface area (TPSA) is 99.3 Å². The van der Waals surface area contributed by atoms with Gasteiger partial charge in [-0.25, -0.2) is 4.79 Å². The van der Waals surface area contributed by atoms with Gasteiger partial charge >= 0.3 is 5.63 Å². The summed E-state index contributed by atoms with van der Waals surface area (Å²) in [6.45, 7) is -0.198. The number of ether oxygens (including phenoxy) is 1. The molecule has 8 heteroatoms. The van der Waals surface area contributed by atoms with Crippen LogP contribution in [-0.4, -0.2) is 27.3 Å². The number of pyridine rings is 1. The van der Waals surface area contributed by atoms with Crippen molar-refractivity contribution in [3.63, 3.8) is 0 Å². The van der Waals surface area contributed by atoms with Crippen LogP contribution in [0.1, 0.15) is 0 Å². The van der Waals surface area contributed by atoms with Gasteiger partial charge in [-0.15, -0.1) is 0 Å². The Labute approximate surface area is 159 Å². The van der Waals surface area contributed by atoms with Gasteiger partial charge in [-0.1, -0.05) is 0 Å². The summed E-state index contributed by atoms with van der Waals surface area (Å²) in [7, 11) is 1.74.